The van der Waals surface area contributed by atoms with E-state index in [1.165, 1.54) is 13.3 Å². The summed E-state index contributed by atoms with van der Waals surface area (Å²) >= 11 is 12.0. The number of hydrogen-bond acceptors (Lipinski definition) is 6. The minimum atomic E-state index is -0.439. The monoisotopic (exact) mass is 374 g/mol. The predicted octanol–water partition coefficient (Wildman–Crippen LogP) is 1.93. The third-order valence-corrected chi connectivity index (χ3v) is 4.35. The summed E-state index contributed by atoms with van der Waals surface area (Å²) < 4.78 is 4.85. The number of esters is 1. The van der Waals surface area contributed by atoms with E-state index in [0.29, 0.717) is 36.9 Å². The smallest absolute Gasteiger partial charge is 0.310 e. The first-order chi connectivity index (χ1) is 11.5. The van der Waals surface area contributed by atoms with Gasteiger partial charge < -0.3 is 15.0 Å². The molecule has 1 amide bonds. The van der Waals surface area contributed by atoms with Crippen molar-refractivity contribution in [2.45, 2.75) is 19.8 Å². The van der Waals surface area contributed by atoms with Gasteiger partial charge in [0.05, 0.1) is 25.1 Å². The first-order valence-corrected chi connectivity index (χ1v) is 8.50. The van der Waals surface area contributed by atoms with Crippen molar-refractivity contribution in [1.29, 1.82) is 0 Å². The molecule has 24 heavy (non-hydrogen) atoms. The van der Waals surface area contributed by atoms with E-state index >= 15 is 0 Å². The van der Waals surface area contributed by atoms with Gasteiger partial charge in [-0.15, -0.1) is 0 Å². The Kier molecular flexibility index (Phi) is 6.62. The van der Waals surface area contributed by atoms with Crippen LogP contribution >= 0.6 is 23.2 Å². The van der Waals surface area contributed by atoms with E-state index in [2.05, 4.69) is 15.3 Å². The minimum Gasteiger partial charge on any atom is -0.469 e. The van der Waals surface area contributed by atoms with Crippen molar-refractivity contribution < 1.29 is 14.3 Å². The van der Waals surface area contributed by atoms with E-state index in [-0.39, 0.29) is 23.1 Å². The first kappa shape index (κ1) is 18.7. The molecule has 0 bridgehead atoms. The number of carbonyl (C=O) groups excluding carboxylic acids is 2. The van der Waals surface area contributed by atoms with Crippen molar-refractivity contribution in [3.05, 3.63) is 16.5 Å². The highest BCUT2D eigenvalue weighted by molar-refractivity contribution is 6.33. The summed E-state index contributed by atoms with van der Waals surface area (Å²) in [5, 5.41) is 3.24. The number of anilines is 1. The van der Waals surface area contributed by atoms with Gasteiger partial charge in [0.15, 0.2) is 5.82 Å². The molecule has 2 heterocycles. The second-order valence-electron chi connectivity index (χ2n) is 5.66. The van der Waals surface area contributed by atoms with Gasteiger partial charge in [0.25, 0.3) is 0 Å². The number of hydrogen-bond donors (Lipinski definition) is 1. The number of rotatable bonds is 5. The van der Waals surface area contributed by atoms with Crippen LogP contribution in [0.15, 0.2) is 6.20 Å². The van der Waals surface area contributed by atoms with Crippen molar-refractivity contribution in [1.82, 2.24) is 15.3 Å². The number of aromatic nitrogens is 2. The summed E-state index contributed by atoms with van der Waals surface area (Å²) in [5.74, 6) is -0.834. The van der Waals surface area contributed by atoms with Gasteiger partial charge in [0.2, 0.25) is 11.2 Å². The van der Waals surface area contributed by atoms with Gasteiger partial charge in [-0.25, -0.2) is 4.98 Å². The maximum absolute atomic E-state index is 12.4. The molecule has 9 heteroatoms. The number of piperidine rings is 1. The summed E-state index contributed by atoms with van der Waals surface area (Å²) in [6.07, 6.45) is 2.67. The molecular weight excluding hydrogens is 355 g/mol. The summed E-state index contributed by atoms with van der Waals surface area (Å²) in [7, 11) is 1.34. The lowest BCUT2D eigenvalue weighted by atomic mass is 9.88. The van der Waals surface area contributed by atoms with Crippen LogP contribution in [-0.2, 0) is 14.3 Å². The normalized spacial score (nSPS) is 20.6. The van der Waals surface area contributed by atoms with Crippen LogP contribution in [0, 0.1) is 11.8 Å². The fraction of sp³-hybridized carbons (Fsp3) is 0.600. The highest BCUT2D eigenvalue weighted by Crippen LogP contribution is 2.31. The Hall–Kier alpha value is -1.60. The standard InChI is InChI=1S/C15H20Cl2N4O3/c1-3-4-18-13(22)9-5-10(14(23)24-2)8-21(7-9)12-11(16)6-19-15(17)20-12/h6,9-10H,3-5,7-8H2,1-2H3,(H,18,22)/t9-,10+/m1/s1. The second-order valence-corrected chi connectivity index (χ2v) is 6.40. The number of methoxy groups -OCH3 is 1. The van der Waals surface area contributed by atoms with E-state index in [9.17, 15) is 9.59 Å². The number of ether oxygens (including phenoxy) is 1. The molecule has 1 N–H and O–H groups in total. The van der Waals surface area contributed by atoms with Crippen LogP contribution in [0.25, 0.3) is 0 Å². The maximum atomic E-state index is 12.4. The Balaban J connectivity index is 2.24. The number of nitrogens with zero attached hydrogens (tertiary/aromatic N) is 3. The van der Waals surface area contributed by atoms with Gasteiger partial charge in [-0.1, -0.05) is 18.5 Å². The van der Waals surface area contributed by atoms with E-state index in [0.717, 1.165) is 6.42 Å². The van der Waals surface area contributed by atoms with Crippen LogP contribution in [0.4, 0.5) is 5.82 Å². The molecule has 2 rings (SSSR count). The molecule has 1 fully saturated rings. The van der Waals surface area contributed by atoms with Crippen LogP contribution in [0.5, 0.6) is 0 Å². The Morgan fingerprint density at radius 3 is 2.75 bits per heavy atom. The lowest BCUT2D eigenvalue weighted by molar-refractivity contribution is -0.146. The zero-order valence-electron chi connectivity index (χ0n) is 13.6. The van der Waals surface area contributed by atoms with Crippen molar-refractivity contribution in [2.75, 3.05) is 31.6 Å². The molecule has 0 radical (unpaired) electrons. The van der Waals surface area contributed by atoms with Gasteiger partial charge in [-0.05, 0) is 24.4 Å². The maximum Gasteiger partial charge on any atom is 0.310 e. The molecule has 1 saturated heterocycles. The molecule has 0 aliphatic carbocycles. The zero-order chi connectivity index (χ0) is 17.7. The average Bonchev–Trinajstić information content (AvgIpc) is 2.60. The number of halogens is 2. The number of carbonyl (C=O) groups is 2. The molecular formula is C15H20Cl2N4O3. The van der Waals surface area contributed by atoms with Crippen molar-refractivity contribution in [2.24, 2.45) is 11.8 Å². The molecule has 0 saturated carbocycles. The van der Waals surface area contributed by atoms with Crippen LogP contribution in [0.1, 0.15) is 19.8 Å². The number of nitrogens with one attached hydrogen (secondary N) is 1. The molecule has 1 aliphatic rings. The van der Waals surface area contributed by atoms with Crippen LogP contribution < -0.4 is 10.2 Å². The SMILES string of the molecule is CCCNC(=O)[C@@H]1C[C@H](C(=O)OC)CN(c2nc(Cl)ncc2Cl)C1. The highest BCUT2D eigenvalue weighted by Gasteiger charge is 2.36. The van der Waals surface area contributed by atoms with Crippen LogP contribution in [0.3, 0.4) is 0 Å². The third-order valence-electron chi connectivity index (χ3n) is 3.90. The Morgan fingerprint density at radius 1 is 1.38 bits per heavy atom. The Bertz CT molecular complexity index is 614. The van der Waals surface area contributed by atoms with Crippen molar-refractivity contribution in [3.8, 4) is 0 Å². The molecule has 7 nitrogen and oxygen atoms in total. The van der Waals surface area contributed by atoms with Crippen molar-refractivity contribution >= 4 is 40.9 Å². The molecule has 1 aromatic heterocycles. The fourth-order valence-corrected chi connectivity index (χ4v) is 3.09. The molecule has 0 unspecified atom stereocenters. The quantitative estimate of drug-likeness (QED) is 0.625. The average molecular weight is 375 g/mol. The summed E-state index contributed by atoms with van der Waals surface area (Å²) in [6.45, 7) is 3.33. The largest absolute Gasteiger partial charge is 0.469 e. The van der Waals surface area contributed by atoms with E-state index in [1.54, 1.807) is 4.90 Å². The molecule has 2 atom stereocenters. The second kappa shape index (κ2) is 8.48. The predicted molar refractivity (Wildman–Crippen MR) is 91.2 cm³/mol. The molecule has 0 aromatic carbocycles. The molecule has 132 valence electrons. The Morgan fingerprint density at radius 2 is 2.08 bits per heavy atom. The minimum absolute atomic E-state index is 0.0570. The molecule has 0 spiro atoms. The summed E-state index contributed by atoms with van der Waals surface area (Å²) in [4.78, 5) is 34.1. The summed E-state index contributed by atoms with van der Waals surface area (Å²) in [5.41, 5.74) is 0. The number of amides is 1. The van der Waals surface area contributed by atoms with Crippen LogP contribution in [-0.4, -0.2) is 48.6 Å². The first-order valence-electron chi connectivity index (χ1n) is 7.74. The van der Waals surface area contributed by atoms with Crippen LogP contribution in [0.2, 0.25) is 10.3 Å². The topological polar surface area (TPSA) is 84.4 Å². The summed E-state index contributed by atoms with van der Waals surface area (Å²) in [6, 6.07) is 0. The van der Waals surface area contributed by atoms with E-state index in [1.807, 2.05) is 6.92 Å². The lowest BCUT2D eigenvalue weighted by Gasteiger charge is -2.36. The van der Waals surface area contributed by atoms with Crippen molar-refractivity contribution in [3.63, 3.8) is 0 Å². The van der Waals surface area contributed by atoms with Gasteiger partial charge in [-0.3, -0.25) is 9.59 Å². The zero-order valence-corrected chi connectivity index (χ0v) is 15.1. The van der Waals surface area contributed by atoms with Gasteiger partial charge in [0, 0.05) is 19.6 Å². The van der Waals surface area contributed by atoms with Gasteiger partial charge in [-0.2, -0.15) is 4.98 Å². The van der Waals surface area contributed by atoms with E-state index in [4.69, 9.17) is 27.9 Å². The Labute approximate surface area is 150 Å². The highest BCUT2D eigenvalue weighted by atomic mass is 35.5. The molecule has 1 aliphatic heterocycles. The lowest BCUT2D eigenvalue weighted by Crippen LogP contribution is -2.49. The van der Waals surface area contributed by atoms with E-state index < -0.39 is 5.92 Å². The van der Waals surface area contributed by atoms with Gasteiger partial charge in [0.1, 0.15) is 5.02 Å². The van der Waals surface area contributed by atoms with Gasteiger partial charge >= 0.3 is 5.97 Å². The fourth-order valence-electron chi connectivity index (χ4n) is 2.75. The third kappa shape index (κ3) is 4.48. The molecule has 1 aromatic rings.